The Balaban J connectivity index is 1.61. The minimum atomic E-state index is -0.854. The Morgan fingerprint density at radius 1 is 1.07 bits per heavy atom. The van der Waals surface area contributed by atoms with Crippen molar-refractivity contribution in [3.63, 3.8) is 0 Å². The van der Waals surface area contributed by atoms with Gasteiger partial charge in [-0.1, -0.05) is 41.6 Å². The molecule has 40 heavy (non-hydrogen) atoms. The van der Waals surface area contributed by atoms with Crippen LogP contribution in [-0.2, 0) is 14.3 Å². The summed E-state index contributed by atoms with van der Waals surface area (Å²) >= 11 is 7.29. The van der Waals surface area contributed by atoms with Gasteiger partial charge in [0, 0.05) is 16.4 Å². The number of benzene rings is 2. The fraction of sp³-hybridized carbons (Fsp3) is 0.172. The standard InChI is InChI=1S/C29H25ClN4O5S/c1-16-20(30)9-6-11-21(16)33-24(35)15-40-28-19(14-31)26(23-12-7-13-39-23)25(17(2)32-28)27(36)34-22-10-5-4-8-18(22)29(37)38-3/h4-13,26,32H,15H2,1-3H3,(H,33,35)(H,34,36). The monoisotopic (exact) mass is 576 g/mol. The number of anilines is 2. The molecule has 0 aliphatic carbocycles. The van der Waals surface area contributed by atoms with E-state index in [2.05, 4.69) is 22.0 Å². The highest BCUT2D eigenvalue weighted by Gasteiger charge is 2.37. The molecule has 2 amide bonds. The summed E-state index contributed by atoms with van der Waals surface area (Å²) < 4.78 is 10.5. The van der Waals surface area contributed by atoms with Crippen LogP contribution < -0.4 is 16.0 Å². The van der Waals surface area contributed by atoms with Crippen molar-refractivity contribution >= 4 is 52.5 Å². The molecule has 0 saturated heterocycles. The number of nitrogens with one attached hydrogen (secondary N) is 3. The molecule has 204 valence electrons. The van der Waals surface area contributed by atoms with E-state index in [9.17, 15) is 19.6 Å². The van der Waals surface area contributed by atoms with E-state index >= 15 is 0 Å². The Morgan fingerprint density at radius 3 is 2.52 bits per heavy atom. The Bertz CT molecular complexity index is 1570. The van der Waals surface area contributed by atoms with Crippen molar-refractivity contribution in [1.29, 1.82) is 5.26 Å². The third-order valence-electron chi connectivity index (χ3n) is 6.19. The second kappa shape index (κ2) is 12.6. The lowest BCUT2D eigenvalue weighted by atomic mass is 9.85. The van der Waals surface area contributed by atoms with Crippen LogP contribution in [0.1, 0.15) is 34.5 Å². The minimum absolute atomic E-state index is 0.00828. The number of carbonyl (C=O) groups is 3. The molecule has 4 rings (SSSR count). The van der Waals surface area contributed by atoms with E-state index in [1.807, 2.05) is 6.92 Å². The highest BCUT2D eigenvalue weighted by molar-refractivity contribution is 8.03. The van der Waals surface area contributed by atoms with E-state index in [1.54, 1.807) is 55.5 Å². The number of methoxy groups -OCH3 is 1. The molecular weight excluding hydrogens is 552 g/mol. The molecule has 2 aromatic carbocycles. The number of ether oxygens (including phenoxy) is 1. The lowest BCUT2D eigenvalue weighted by Crippen LogP contribution is -2.31. The first-order valence-electron chi connectivity index (χ1n) is 12.1. The van der Waals surface area contributed by atoms with Gasteiger partial charge in [-0.25, -0.2) is 4.79 Å². The van der Waals surface area contributed by atoms with E-state index in [1.165, 1.54) is 19.4 Å². The molecule has 3 N–H and O–H groups in total. The first kappa shape index (κ1) is 28.5. The number of para-hydroxylation sites is 1. The molecule has 9 nitrogen and oxygen atoms in total. The van der Waals surface area contributed by atoms with Crippen molar-refractivity contribution in [3.05, 3.63) is 105 Å². The normalized spacial score (nSPS) is 14.7. The summed E-state index contributed by atoms with van der Waals surface area (Å²) in [5, 5.41) is 19.9. The zero-order chi connectivity index (χ0) is 28.8. The van der Waals surface area contributed by atoms with Crippen LogP contribution in [0, 0.1) is 18.3 Å². The number of halogens is 1. The molecular formula is C29H25ClN4O5S. The Hall–Kier alpha value is -4.46. The molecule has 0 fully saturated rings. The van der Waals surface area contributed by atoms with Gasteiger partial charge in [-0.15, -0.1) is 0 Å². The zero-order valence-corrected chi connectivity index (χ0v) is 23.4. The van der Waals surface area contributed by atoms with Crippen molar-refractivity contribution in [1.82, 2.24) is 5.32 Å². The molecule has 1 aliphatic rings. The van der Waals surface area contributed by atoms with E-state index in [0.29, 0.717) is 27.2 Å². The summed E-state index contributed by atoms with van der Waals surface area (Å²) in [7, 11) is 1.26. The molecule has 2 heterocycles. The number of esters is 1. The predicted molar refractivity (Wildman–Crippen MR) is 154 cm³/mol. The first-order chi connectivity index (χ1) is 19.2. The van der Waals surface area contributed by atoms with Crippen molar-refractivity contribution in [2.75, 3.05) is 23.5 Å². The number of allylic oxidation sites excluding steroid dienone is 2. The molecule has 1 unspecified atom stereocenters. The minimum Gasteiger partial charge on any atom is -0.468 e. The topological polar surface area (TPSA) is 133 Å². The summed E-state index contributed by atoms with van der Waals surface area (Å²) in [6, 6.07) is 17.2. The van der Waals surface area contributed by atoms with Gasteiger partial charge >= 0.3 is 5.97 Å². The van der Waals surface area contributed by atoms with Gasteiger partial charge < -0.3 is 25.1 Å². The second-order valence-electron chi connectivity index (χ2n) is 8.71. The van der Waals surface area contributed by atoms with Gasteiger partial charge in [0.2, 0.25) is 5.91 Å². The number of carbonyl (C=O) groups excluding carboxylic acids is 3. The number of amides is 2. The fourth-order valence-electron chi connectivity index (χ4n) is 4.20. The number of hydrogen-bond donors (Lipinski definition) is 3. The maximum absolute atomic E-state index is 13.6. The number of hydrogen-bond acceptors (Lipinski definition) is 8. The van der Waals surface area contributed by atoms with Crippen molar-refractivity contribution in [2.24, 2.45) is 0 Å². The number of rotatable bonds is 8. The van der Waals surface area contributed by atoms with E-state index < -0.39 is 17.8 Å². The average Bonchev–Trinajstić information content (AvgIpc) is 3.48. The Kier molecular flexibility index (Phi) is 8.99. The van der Waals surface area contributed by atoms with Crippen LogP contribution in [0.4, 0.5) is 11.4 Å². The van der Waals surface area contributed by atoms with Gasteiger partial charge in [0.1, 0.15) is 5.76 Å². The van der Waals surface area contributed by atoms with Crippen LogP contribution in [-0.4, -0.2) is 30.6 Å². The number of furan rings is 1. The number of nitrogens with zero attached hydrogens (tertiary/aromatic N) is 1. The quantitative estimate of drug-likeness (QED) is 0.289. The average molecular weight is 577 g/mol. The van der Waals surface area contributed by atoms with Crippen molar-refractivity contribution in [2.45, 2.75) is 19.8 Å². The van der Waals surface area contributed by atoms with Gasteiger partial charge in [-0.2, -0.15) is 5.26 Å². The molecule has 1 aliphatic heterocycles. The van der Waals surface area contributed by atoms with Crippen molar-refractivity contribution in [3.8, 4) is 6.07 Å². The largest absolute Gasteiger partial charge is 0.468 e. The molecule has 0 spiro atoms. The van der Waals surface area contributed by atoms with Crippen LogP contribution >= 0.6 is 23.4 Å². The number of thioether (sulfide) groups is 1. The fourth-order valence-corrected chi connectivity index (χ4v) is 5.27. The van der Waals surface area contributed by atoms with Gasteiger partial charge in [0.05, 0.1) is 58.5 Å². The van der Waals surface area contributed by atoms with Gasteiger partial charge in [-0.05, 0) is 55.8 Å². The molecule has 0 radical (unpaired) electrons. The predicted octanol–water partition coefficient (Wildman–Crippen LogP) is 5.73. The van der Waals surface area contributed by atoms with Crippen LogP contribution in [0.15, 0.2) is 87.1 Å². The maximum atomic E-state index is 13.6. The third-order valence-corrected chi connectivity index (χ3v) is 7.62. The van der Waals surface area contributed by atoms with E-state index in [-0.39, 0.29) is 34.1 Å². The summed E-state index contributed by atoms with van der Waals surface area (Å²) in [5.74, 6) is -1.91. The number of nitriles is 1. The van der Waals surface area contributed by atoms with Crippen LogP contribution in [0.2, 0.25) is 5.02 Å². The number of dihydropyridines is 1. The molecule has 1 atom stereocenters. The van der Waals surface area contributed by atoms with E-state index in [0.717, 1.165) is 17.3 Å². The summed E-state index contributed by atoms with van der Waals surface area (Å²) in [6.07, 6.45) is 1.46. The highest BCUT2D eigenvalue weighted by atomic mass is 35.5. The third kappa shape index (κ3) is 6.06. The molecule has 3 aromatic rings. The lowest BCUT2D eigenvalue weighted by molar-refractivity contribution is -0.114. The molecule has 0 saturated carbocycles. The van der Waals surface area contributed by atoms with Gasteiger partial charge in [0.15, 0.2) is 0 Å². The smallest absolute Gasteiger partial charge is 0.339 e. The van der Waals surface area contributed by atoms with E-state index in [4.69, 9.17) is 20.8 Å². The van der Waals surface area contributed by atoms with Crippen molar-refractivity contribution < 1.29 is 23.5 Å². The van der Waals surface area contributed by atoms with Gasteiger partial charge in [-0.3, -0.25) is 9.59 Å². The second-order valence-corrected chi connectivity index (χ2v) is 10.1. The molecule has 1 aromatic heterocycles. The van der Waals surface area contributed by atoms with Crippen LogP contribution in [0.25, 0.3) is 0 Å². The Labute approximate surface area is 240 Å². The lowest BCUT2D eigenvalue weighted by Gasteiger charge is -2.28. The molecule has 11 heteroatoms. The summed E-state index contributed by atoms with van der Waals surface area (Å²) in [4.78, 5) is 38.6. The van der Waals surface area contributed by atoms with Crippen LogP contribution in [0.5, 0.6) is 0 Å². The summed E-state index contributed by atoms with van der Waals surface area (Å²) in [5.41, 5.74) is 2.69. The SMILES string of the molecule is COC(=O)c1ccccc1NC(=O)C1=C(C)NC(SCC(=O)Nc2cccc(Cl)c2C)=C(C#N)C1c1ccco1. The van der Waals surface area contributed by atoms with Crippen LogP contribution in [0.3, 0.4) is 0 Å². The maximum Gasteiger partial charge on any atom is 0.339 e. The summed E-state index contributed by atoms with van der Waals surface area (Å²) in [6.45, 7) is 3.50. The first-order valence-corrected chi connectivity index (χ1v) is 13.4. The highest BCUT2D eigenvalue weighted by Crippen LogP contribution is 2.41. The Morgan fingerprint density at radius 2 is 1.82 bits per heavy atom. The van der Waals surface area contributed by atoms with Gasteiger partial charge in [0.25, 0.3) is 5.91 Å². The zero-order valence-electron chi connectivity index (χ0n) is 21.8. The molecule has 0 bridgehead atoms.